The zero-order chi connectivity index (χ0) is 15.4. The van der Waals surface area contributed by atoms with Gasteiger partial charge in [0, 0.05) is 35.6 Å². The lowest BCUT2D eigenvalue weighted by Crippen LogP contribution is -2.18. The van der Waals surface area contributed by atoms with E-state index in [1.807, 2.05) is 6.92 Å². The van der Waals surface area contributed by atoms with Crippen molar-refractivity contribution in [2.24, 2.45) is 0 Å². The van der Waals surface area contributed by atoms with Gasteiger partial charge in [0.1, 0.15) is 5.82 Å². The van der Waals surface area contributed by atoms with Gasteiger partial charge in [-0.25, -0.2) is 4.39 Å². The Hall–Kier alpha value is -2.47. The molecular formula is C15H15FN2O3. The maximum atomic E-state index is 13.4. The van der Waals surface area contributed by atoms with E-state index in [4.69, 9.17) is 0 Å². The molecule has 0 saturated carbocycles. The molecule has 110 valence electrons. The largest absolute Gasteiger partial charge is 0.392 e. The summed E-state index contributed by atoms with van der Waals surface area (Å²) in [4.78, 5) is 12.1. The summed E-state index contributed by atoms with van der Waals surface area (Å²) in [5.41, 5.74) is 1.59. The van der Waals surface area contributed by atoms with Crippen molar-refractivity contribution in [1.82, 2.24) is 0 Å². The highest BCUT2D eigenvalue weighted by molar-refractivity contribution is 5.68. The number of nitro groups is 1. The number of nitro benzene ring substituents is 1. The molecule has 0 aromatic heterocycles. The van der Waals surface area contributed by atoms with Crippen molar-refractivity contribution in [2.75, 3.05) is 11.4 Å². The molecule has 0 fully saturated rings. The first-order chi connectivity index (χ1) is 10.1. The highest BCUT2D eigenvalue weighted by Crippen LogP contribution is 2.31. The second-order valence-electron chi connectivity index (χ2n) is 4.45. The Morgan fingerprint density at radius 3 is 2.62 bits per heavy atom. The molecule has 0 atom stereocenters. The number of anilines is 2. The Morgan fingerprint density at radius 1 is 1.29 bits per heavy atom. The predicted octanol–water partition coefficient (Wildman–Crippen LogP) is 3.38. The summed E-state index contributed by atoms with van der Waals surface area (Å²) in [5.74, 6) is -0.363. The molecule has 0 unspecified atom stereocenters. The van der Waals surface area contributed by atoms with Gasteiger partial charge in [0.15, 0.2) is 0 Å². The average Bonchev–Trinajstić information content (AvgIpc) is 2.48. The monoisotopic (exact) mass is 290 g/mol. The van der Waals surface area contributed by atoms with E-state index in [1.165, 1.54) is 24.3 Å². The molecule has 1 N–H and O–H groups in total. The zero-order valence-electron chi connectivity index (χ0n) is 11.5. The van der Waals surface area contributed by atoms with E-state index in [0.29, 0.717) is 23.5 Å². The van der Waals surface area contributed by atoms with Gasteiger partial charge in [0.2, 0.25) is 0 Å². The molecule has 0 spiro atoms. The first-order valence-corrected chi connectivity index (χ1v) is 6.48. The summed E-state index contributed by atoms with van der Waals surface area (Å²) in [6.07, 6.45) is 0. The topological polar surface area (TPSA) is 66.6 Å². The van der Waals surface area contributed by atoms with Crippen molar-refractivity contribution in [3.63, 3.8) is 0 Å². The van der Waals surface area contributed by atoms with E-state index in [1.54, 1.807) is 23.1 Å². The molecular weight excluding hydrogens is 275 g/mol. The number of non-ortho nitro benzene ring substituents is 1. The van der Waals surface area contributed by atoms with Gasteiger partial charge in [-0.3, -0.25) is 10.1 Å². The van der Waals surface area contributed by atoms with Crippen LogP contribution in [0, 0.1) is 15.9 Å². The van der Waals surface area contributed by atoms with Crippen molar-refractivity contribution >= 4 is 17.1 Å². The van der Waals surface area contributed by atoms with Crippen LogP contribution in [-0.4, -0.2) is 16.6 Å². The van der Waals surface area contributed by atoms with Crippen molar-refractivity contribution < 1.29 is 14.4 Å². The molecule has 0 aliphatic heterocycles. The number of halogens is 1. The number of nitrogens with zero attached hydrogens (tertiary/aromatic N) is 2. The minimum absolute atomic E-state index is 0.0851. The van der Waals surface area contributed by atoms with Crippen molar-refractivity contribution in [1.29, 1.82) is 0 Å². The number of benzene rings is 2. The van der Waals surface area contributed by atoms with Crippen molar-refractivity contribution in [3.05, 3.63) is 64.0 Å². The number of hydrogen-bond acceptors (Lipinski definition) is 4. The Balaban J connectivity index is 2.49. The van der Waals surface area contributed by atoms with Crippen LogP contribution >= 0.6 is 0 Å². The zero-order valence-corrected chi connectivity index (χ0v) is 11.5. The summed E-state index contributed by atoms with van der Waals surface area (Å²) in [6, 6.07) is 10.3. The van der Waals surface area contributed by atoms with Crippen molar-refractivity contribution in [3.8, 4) is 0 Å². The van der Waals surface area contributed by atoms with E-state index in [9.17, 15) is 19.6 Å². The fourth-order valence-corrected chi connectivity index (χ4v) is 2.21. The molecule has 0 saturated heterocycles. The molecule has 2 aromatic rings. The first-order valence-electron chi connectivity index (χ1n) is 6.48. The standard InChI is InChI=1S/C15H15FN2O3/c1-2-17(13-5-3-4-12(16)9-13)15-7-6-14(18(20)21)8-11(15)10-19/h3-9,19H,2,10H2,1H3. The SMILES string of the molecule is CCN(c1cccc(F)c1)c1ccc([N+](=O)[O-])cc1CO. The summed E-state index contributed by atoms with van der Waals surface area (Å²) in [6.45, 7) is 2.09. The Labute approximate surface area is 121 Å². The lowest BCUT2D eigenvalue weighted by Gasteiger charge is -2.25. The van der Waals surface area contributed by atoms with Crippen LogP contribution in [0.25, 0.3) is 0 Å². The Kier molecular flexibility index (Phi) is 4.49. The Bertz CT molecular complexity index is 661. The fourth-order valence-electron chi connectivity index (χ4n) is 2.21. The summed E-state index contributed by atoms with van der Waals surface area (Å²) in [7, 11) is 0. The van der Waals surface area contributed by atoms with E-state index >= 15 is 0 Å². The van der Waals surface area contributed by atoms with E-state index in [2.05, 4.69) is 0 Å². The van der Waals surface area contributed by atoms with Gasteiger partial charge in [-0.15, -0.1) is 0 Å². The molecule has 0 aliphatic carbocycles. The van der Waals surface area contributed by atoms with Crippen LogP contribution < -0.4 is 4.90 Å². The lowest BCUT2D eigenvalue weighted by molar-refractivity contribution is -0.384. The molecule has 6 heteroatoms. The molecule has 0 amide bonds. The second-order valence-corrected chi connectivity index (χ2v) is 4.45. The smallest absolute Gasteiger partial charge is 0.269 e. The molecule has 0 radical (unpaired) electrons. The van der Waals surface area contributed by atoms with Gasteiger partial charge in [-0.05, 0) is 31.2 Å². The Morgan fingerprint density at radius 2 is 2.05 bits per heavy atom. The fraction of sp³-hybridized carbons (Fsp3) is 0.200. The predicted molar refractivity (Wildman–Crippen MR) is 78.1 cm³/mol. The summed E-state index contributed by atoms with van der Waals surface area (Å²) < 4.78 is 13.4. The van der Waals surface area contributed by atoms with Crippen LogP contribution in [0.4, 0.5) is 21.5 Å². The van der Waals surface area contributed by atoms with E-state index in [-0.39, 0.29) is 18.1 Å². The summed E-state index contributed by atoms with van der Waals surface area (Å²) >= 11 is 0. The quantitative estimate of drug-likeness (QED) is 0.677. The summed E-state index contributed by atoms with van der Waals surface area (Å²) in [5, 5.41) is 20.2. The van der Waals surface area contributed by atoms with Gasteiger partial charge < -0.3 is 10.0 Å². The third-order valence-corrected chi connectivity index (χ3v) is 3.17. The number of aliphatic hydroxyl groups is 1. The van der Waals surface area contributed by atoms with Crippen LogP contribution in [0.3, 0.4) is 0 Å². The maximum absolute atomic E-state index is 13.4. The molecule has 21 heavy (non-hydrogen) atoms. The highest BCUT2D eigenvalue weighted by atomic mass is 19.1. The lowest BCUT2D eigenvalue weighted by atomic mass is 10.1. The molecule has 2 aromatic carbocycles. The van der Waals surface area contributed by atoms with Crippen LogP contribution in [-0.2, 0) is 6.61 Å². The van der Waals surface area contributed by atoms with Gasteiger partial charge >= 0.3 is 0 Å². The third-order valence-electron chi connectivity index (χ3n) is 3.17. The highest BCUT2D eigenvalue weighted by Gasteiger charge is 2.16. The third kappa shape index (κ3) is 3.17. The average molecular weight is 290 g/mol. The van der Waals surface area contributed by atoms with Gasteiger partial charge in [-0.2, -0.15) is 0 Å². The number of rotatable bonds is 5. The van der Waals surface area contributed by atoms with Gasteiger partial charge in [-0.1, -0.05) is 6.07 Å². The number of aliphatic hydroxyl groups excluding tert-OH is 1. The normalized spacial score (nSPS) is 10.4. The molecule has 0 heterocycles. The van der Waals surface area contributed by atoms with Gasteiger partial charge in [0.05, 0.1) is 11.5 Å². The van der Waals surface area contributed by atoms with Crippen molar-refractivity contribution in [2.45, 2.75) is 13.5 Å². The molecule has 2 rings (SSSR count). The first kappa shape index (κ1) is 14.9. The second kappa shape index (κ2) is 6.32. The number of hydrogen-bond donors (Lipinski definition) is 1. The molecule has 5 nitrogen and oxygen atoms in total. The molecule has 0 aliphatic rings. The van der Waals surface area contributed by atoms with E-state index < -0.39 is 4.92 Å². The minimum Gasteiger partial charge on any atom is -0.392 e. The van der Waals surface area contributed by atoms with Crippen LogP contribution in [0.1, 0.15) is 12.5 Å². The van der Waals surface area contributed by atoms with E-state index in [0.717, 1.165) is 0 Å². The van der Waals surface area contributed by atoms with Crippen LogP contribution in [0.2, 0.25) is 0 Å². The van der Waals surface area contributed by atoms with Crippen LogP contribution in [0.15, 0.2) is 42.5 Å². The van der Waals surface area contributed by atoms with Crippen LogP contribution in [0.5, 0.6) is 0 Å². The maximum Gasteiger partial charge on any atom is 0.269 e. The van der Waals surface area contributed by atoms with Gasteiger partial charge in [0.25, 0.3) is 5.69 Å². The molecule has 0 bridgehead atoms. The minimum atomic E-state index is -0.512.